The Hall–Kier alpha value is -2.75. The highest BCUT2D eigenvalue weighted by molar-refractivity contribution is 6.33. The van der Waals surface area contributed by atoms with Gasteiger partial charge in [-0.25, -0.2) is 0 Å². The van der Waals surface area contributed by atoms with Crippen molar-refractivity contribution in [1.82, 2.24) is 0 Å². The smallest absolute Gasteiger partial charge is 0.303 e. The fourth-order valence-electron chi connectivity index (χ4n) is 1.20. The molecular formula is C8H7ClN6O4. The van der Waals surface area contributed by atoms with Crippen molar-refractivity contribution in [3.63, 3.8) is 0 Å². The number of nitrogens with two attached hydrogens (primary N) is 2. The Labute approximate surface area is 110 Å². The molecule has 100 valence electrons. The molecule has 0 aliphatic carbocycles. The van der Waals surface area contributed by atoms with Crippen LogP contribution in [-0.2, 0) is 0 Å². The molecule has 0 amide bonds. The largest absolute Gasteiger partial charge is 0.369 e. The number of nitrogens with zero attached hydrogens (tertiary/aromatic N) is 4. The van der Waals surface area contributed by atoms with Crippen molar-refractivity contribution in [2.24, 2.45) is 21.7 Å². The Kier molecular flexibility index (Phi) is 4.32. The lowest BCUT2D eigenvalue weighted by atomic mass is 10.1. The zero-order chi connectivity index (χ0) is 14.6. The van der Waals surface area contributed by atoms with Crippen molar-refractivity contribution in [3.05, 3.63) is 42.9 Å². The summed E-state index contributed by atoms with van der Waals surface area (Å²) in [7, 11) is 0. The first-order valence-corrected chi connectivity index (χ1v) is 4.95. The predicted molar refractivity (Wildman–Crippen MR) is 68.2 cm³/mol. The van der Waals surface area contributed by atoms with Gasteiger partial charge in [0.15, 0.2) is 5.56 Å². The summed E-state index contributed by atoms with van der Waals surface area (Å²) in [4.78, 5) is 20.0. The van der Waals surface area contributed by atoms with Crippen LogP contribution in [0.4, 0.5) is 11.4 Å². The second kappa shape index (κ2) is 5.73. The number of hydrogen-bond acceptors (Lipinski definition) is 6. The van der Waals surface area contributed by atoms with Gasteiger partial charge in [0, 0.05) is 6.07 Å². The van der Waals surface area contributed by atoms with Crippen molar-refractivity contribution >= 4 is 35.1 Å². The van der Waals surface area contributed by atoms with Gasteiger partial charge in [0.25, 0.3) is 5.69 Å². The number of halogens is 1. The van der Waals surface area contributed by atoms with E-state index in [1.54, 1.807) is 0 Å². The van der Waals surface area contributed by atoms with Crippen LogP contribution in [0.5, 0.6) is 0 Å². The number of hydrogen-bond donors (Lipinski definition) is 2. The molecule has 0 saturated heterocycles. The second-order valence-corrected chi connectivity index (χ2v) is 3.52. The van der Waals surface area contributed by atoms with Gasteiger partial charge in [0.2, 0.25) is 5.96 Å². The van der Waals surface area contributed by atoms with Crippen LogP contribution in [0.2, 0.25) is 5.02 Å². The third-order valence-corrected chi connectivity index (χ3v) is 2.19. The standard InChI is InChI=1S/C8H7ClN6O4/c9-5-1-2-6(14(16)17)4(7(5)15(18)19)3-12-13-8(10)11/h1-3H,(H4,10,11,13). The molecule has 0 fully saturated rings. The molecule has 1 aromatic rings. The maximum absolute atomic E-state index is 10.9. The number of nitro benzene ring substituents is 2. The van der Waals surface area contributed by atoms with Crippen molar-refractivity contribution in [2.45, 2.75) is 0 Å². The molecular weight excluding hydrogens is 280 g/mol. The monoisotopic (exact) mass is 286 g/mol. The summed E-state index contributed by atoms with van der Waals surface area (Å²) in [6.07, 6.45) is 0.794. The predicted octanol–water partition coefficient (Wildman–Crippen LogP) is 0.764. The van der Waals surface area contributed by atoms with E-state index in [2.05, 4.69) is 10.2 Å². The van der Waals surface area contributed by atoms with E-state index in [9.17, 15) is 20.2 Å². The summed E-state index contributed by atoms with van der Waals surface area (Å²) in [5, 5.41) is 27.9. The molecule has 0 unspecified atom stereocenters. The van der Waals surface area contributed by atoms with E-state index in [0.717, 1.165) is 18.3 Å². The number of nitro groups is 2. The first kappa shape index (κ1) is 14.3. The highest BCUT2D eigenvalue weighted by Gasteiger charge is 2.27. The van der Waals surface area contributed by atoms with Crippen molar-refractivity contribution in [2.75, 3.05) is 0 Å². The van der Waals surface area contributed by atoms with Crippen LogP contribution < -0.4 is 11.5 Å². The minimum absolute atomic E-state index is 0.262. The fraction of sp³-hybridized carbons (Fsp3) is 0. The molecule has 0 aliphatic rings. The van der Waals surface area contributed by atoms with Crippen LogP contribution in [0.25, 0.3) is 0 Å². The molecule has 0 bridgehead atoms. The molecule has 0 aromatic heterocycles. The SMILES string of the molecule is NC(N)=NN=Cc1c([N+](=O)[O-])ccc(Cl)c1[N+](=O)[O-]. The van der Waals surface area contributed by atoms with Gasteiger partial charge in [-0.15, -0.1) is 5.10 Å². The van der Waals surface area contributed by atoms with Gasteiger partial charge in [-0.3, -0.25) is 20.2 Å². The van der Waals surface area contributed by atoms with Crippen LogP contribution in [-0.4, -0.2) is 22.0 Å². The van der Waals surface area contributed by atoms with Gasteiger partial charge in [0.05, 0.1) is 16.1 Å². The van der Waals surface area contributed by atoms with Crippen molar-refractivity contribution in [3.8, 4) is 0 Å². The summed E-state index contributed by atoms with van der Waals surface area (Å²) in [6, 6.07) is 2.07. The van der Waals surface area contributed by atoms with Gasteiger partial charge >= 0.3 is 5.69 Å². The summed E-state index contributed by atoms with van der Waals surface area (Å²) in [6.45, 7) is 0. The van der Waals surface area contributed by atoms with Gasteiger partial charge in [0.1, 0.15) is 5.02 Å². The van der Waals surface area contributed by atoms with Gasteiger partial charge < -0.3 is 11.5 Å². The molecule has 11 heteroatoms. The summed E-state index contributed by atoms with van der Waals surface area (Å²) in [5.41, 5.74) is 8.42. The van der Waals surface area contributed by atoms with E-state index in [4.69, 9.17) is 23.1 Å². The summed E-state index contributed by atoms with van der Waals surface area (Å²) < 4.78 is 0. The average molecular weight is 287 g/mol. The molecule has 0 aliphatic heterocycles. The Morgan fingerprint density at radius 3 is 2.37 bits per heavy atom. The van der Waals surface area contributed by atoms with Crippen LogP contribution >= 0.6 is 11.6 Å². The number of benzene rings is 1. The molecule has 0 saturated carbocycles. The molecule has 1 aromatic carbocycles. The molecule has 0 heterocycles. The fourth-order valence-corrected chi connectivity index (χ4v) is 1.43. The maximum atomic E-state index is 10.9. The Morgan fingerprint density at radius 2 is 1.89 bits per heavy atom. The minimum Gasteiger partial charge on any atom is -0.369 e. The van der Waals surface area contributed by atoms with Crippen LogP contribution in [0.15, 0.2) is 22.3 Å². The molecule has 10 nitrogen and oxygen atoms in total. The lowest BCUT2D eigenvalue weighted by molar-refractivity contribution is -0.394. The Balaban J connectivity index is 3.50. The van der Waals surface area contributed by atoms with Crippen LogP contribution in [0, 0.1) is 20.2 Å². The minimum atomic E-state index is -0.855. The topological polar surface area (TPSA) is 163 Å². The highest BCUT2D eigenvalue weighted by atomic mass is 35.5. The quantitative estimate of drug-likeness (QED) is 0.359. The van der Waals surface area contributed by atoms with Crippen LogP contribution in [0.3, 0.4) is 0 Å². The van der Waals surface area contributed by atoms with Gasteiger partial charge in [-0.1, -0.05) is 11.6 Å². The molecule has 19 heavy (non-hydrogen) atoms. The normalized spacial score (nSPS) is 10.4. The van der Waals surface area contributed by atoms with Crippen molar-refractivity contribution in [1.29, 1.82) is 0 Å². The summed E-state index contributed by atoms with van der Waals surface area (Å²) in [5.74, 6) is -0.399. The first-order valence-electron chi connectivity index (χ1n) is 4.58. The lowest BCUT2D eigenvalue weighted by Gasteiger charge is -2.00. The van der Waals surface area contributed by atoms with E-state index in [1.807, 2.05) is 0 Å². The van der Waals surface area contributed by atoms with E-state index in [1.165, 1.54) is 0 Å². The zero-order valence-corrected chi connectivity index (χ0v) is 9.94. The third-order valence-electron chi connectivity index (χ3n) is 1.88. The van der Waals surface area contributed by atoms with E-state index in [0.29, 0.717) is 0 Å². The Bertz CT molecular complexity index is 595. The lowest BCUT2D eigenvalue weighted by Crippen LogP contribution is -2.21. The molecule has 1 rings (SSSR count). The van der Waals surface area contributed by atoms with E-state index < -0.39 is 32.7 Å². The Morgan fingerprint density at radius 1 is 1.26 bits per heavy atom. The molecule has 0 radical (unpaired) electrons. The summed E-state index contributed by atoms with van der Waals surface area (Å²) >= 11 is 5.63. The van der Waals surface area contributed by atoms with Gasteiger partial charge in [-0.2, -0.15) is 5.10 Å². The zero-order valence-electron chi connectivity index (χ0n) is 9.19. The maximum Gasteiger partial charge on any atom is 0.303 e. The van der Waals surface area contributed by atoms with Gasteiger partial charge in [-0.05, 0) is 6.07 Å². The van der Waals surface area contributed by atoms with Crippen LogP contribution in [0.1, 0.15) is 5.56 Å². The van der Waals surface area contributed by atoms with E-state index in [-0.39, 0.29) is 5.02 Å². The highest BCUT2D eigenvalue weighted by Crippen LogP contribution is 2.33. The average Bonchev–Trinajstić information content (AvgIpc) is 2.27. The molecule has 4 N–H and O–H groups in total. The molecule has 0 spiro atoms. The molecule has 0 atom stereocenters. The van der Waals surface area contributed by atoms with E-state index >= 15 is 0 Å². The number of rotatable bonds is 4. The third kappa shape index (κ3) is 3.35. The second-order valence-electron chi connectivity index (χ2n) is 3.11. The first-order chi connectivity index (χ1) is 8.84. The number of guanidine groups is 1. The van der Waals surface area contributed by atoms with Crippen molar-refractivity contribution < 1.29 is 9.85 Å².